The van der Waals surface area contributed by atoms with Crippen LogP contribution in [0.4, 0.5) is 5.95 Å². The molecule has 0 atom stereocenters. The first-order chi connectivity index (χ1) is 14.0. The Kier molecular flexibility index (Phi) is 5.37. The zero-order valence-corrected chi connectivity index (χ0v) is 17.2. The monoisotopic (exact) mass is 401 g/mol. The van der Waals surface area contributed by atoms with Gasteiger partial charge in [0.05, 0.1) is 32.0 Å². The molecule has 0 aliphatic carbocycles. The number of hydrazone groups is 1. The normalized spacial score (nSPS) is 17.9. The van der Waals surface area contributed by atoms with Crippen molar-refractivity contribution in [2.24, 2.45) is 12.1 Å². The van der Waals surface area contributed by atoms with Crippen LogP contribution >= 0.6 is 0 Å². The third-order valence-corrected chi connectivity index (χ3v) is 5.38. The van der Waals surface area contributed by atoms with Gasteiger partial charge in [-0.2, -0.15) is 10.1 Å². The number of anilines is 1. The number of imidazole rings is 1. The number of nitrogens with zero attached hydrogens (tertiary/aromatic N) is 7. The van der Waals surface area contributed by atoms with Gasteiger partial charge in [-0.15, -0.1) is 0 Å². The van der Waals surface area contributed by atoms with Gasteiger partial charge in [-0.25, -0.2) is 9.80 Å². The summed E-state index contributed by atoms with van der Waals surface area (Å²) in [5.41, 5.74) is 1.05. The van der Waals surface area contributed by atoms with Gasteiger partial charge in [0.25, 0.3) is 5.56 Å². The zero-order valence-electron chi connectivity index (χ0n) is 17.2. The first kappa shape index (κ1) is 19.6. The van der Waals surface area contributed by atoms with Crippen LogP contribution in [0.15, 0.2) is 26.8 Å². The molecular formula is C19H27N7O3. The van der Waals surface area contributed by atoms with Crippen molar-refractivity contribution in [3.8, 4) is 0 Å². The van der Waals surface area contributed by atoms with E-state index < -0.39 is 0 Å². The van der Waals surface area contributed by atoms with Crippen LogP contribution in [0.5, 0.6) is 0 Å². The van der Waals surface area contributed by atoms with Gasteiger partial charge in [-0.3, -0.25) is 23.4 Å². The summed E-state index contributed by atoms with van der Waals surface area (Å²) in [5, 5.41) is 6.50. The van der Waals surface area contributed by atoms with Crippen molar-refractivity contribution in [2.75, 3.05) is 44.4 Å². The summed E-state index contributed by atoms with van der Waals surface area (Å²) in [7, 11) is 1.65. The van der Waals surface area contributed by atoms with E-state index in [-0.39, 0.29) is 17.8 Å². The molecule has 1 fully saturated rings. The van der Waals surface area contributed by atoms with Crippen molar-refractivity contribution in [3.05, 3.63) is 33.0 Å². The molecule has 2 aliphatic rings. The highest BCUT2D eigenvalue weighted by Crippen LogP contribution is 2.23. The number of hydrogen-bond acceptors (Lipinski definition) is 7. The summed E-state index contributed by atoms with van der Waals surface area (Å²) in [4.78, 5) is 32.8. The molecule has 2 aromatic rings. The van der Waals surface area contributed by atoms with Crippen LogP contribution < -0.4 is 16.3 Å². The first-order valence-electron chi connectivity index (χ1n) is 9.94. The predicted molar refractivity (Wildman–Crippen MR) is 112 cm³/mol. The lowest BCUT2D eigenvalue weighted by molar-refractivity contribution is 0.0391. The minimum Gasteiger partial charge on any atom is -0.379 e. The van der Waals surface area contributed by atoms with Crippen molar-refractivity contribution in [2.45, 2.75) is 26.9 Å². The molecule has 2 aliphatic heterocycles. The number of aryl methyl sites for hydroxylation is 1. The van der Waals surface area contributed by atoms with Crippen molar-refractivity contribution < 1.29 is 4.74 Å². The van der Waals surface area contributed by atoms with Crippen LogP contribution in [-0.2, 0) is 24.9 Å². The number of morpholine rings is 1. The highest BCUT2D eigenvalue weighted by molar-refractivity contribution is 5.87. The molecule has 2 aromatic heterocycles. The molecule has 0 amide bonds. The summed E-state index contributed by atoms with van der Waals surface area (Å²) < 4.78 is 9.98. The second-order valence-electron chi connectivity index (χ2n) is 7.41. The molecule has 0 radical (unpaired) electrons. The number of ether oxygens (including phenoxy) is 1. The fourth-order valence-electron chi connectivity index (χ4n) is 3.80. The molecule has 0 spiro atoms. The maximum atomic E-state index is 13.1. The van der Waals surface area contributed by atoms with Gasteiger partial charge in [0, 0.05) is 33.2 Å². The van der Waals surface area contributed by atoms with Gasteiger partial charge >= 0.3 is 5.69 Å². The van der Waals surface area contributed by atoms with E-state index in [1.807, 2.05) is 29.5 Å². The highest BCUT2D eigenvalue weighted by Gasteiger charge is 2.26. The van der Waals surface area contributed by atoms with Gasteiger partial charge in [0.1, 0.15) is 0 Å². The lowest BCUT2D eigenvalue weighted by atomic mass is 10.3. The molecule has 1 saturated heterocycles. The Morgan fingerprint density at radius 3 is 2.66 bits per heavy atom. The molecule has 0 unspecified atom stereocenters. The number of rotatable bonds is 5. The molecule has 4 heterocycles. The average molecular weight is 401 g/mol. The number of allylic oxidation sites excluding steroid dienone is 2. The highest BCUT2D eigenvalue weighted by atomic mass is 16.5. The molecule has 29 heavy (non-hydrogen) atoms. The fourth-order valence-corrected chi connectivity index (χ4v) is 3.80. The lowest BCUT2D eigenvalue weighted by Gasteiger charge is -2.30. The van der Waals surface area contributed by atoms with Crippen LogP contribution in [0.25, 0.3) is 11.2 Å². The average Bonchev–Trinajstić information content (AvgIpc) is 3.11. The predicted octanol–water partition coefficient (Wildman–Crippen LogP) is 0.000900. The van der Waals surface area contributed by atoms with Crippen molar-refractivity contribution >= 4 is 22.8 Å². The maximum absolute atomic E-state index is 13.1. The Hall–Kier alpha value is -2.72. The molecule has 0 saturated carbocycles. The van der Waals surface area contributed by atoms with Crippen molar-refractivity contribution in [3.63, 3.8) is 0 Å². The molecule has 4 rings (SSSR count). The summed E-state index contributed by atoms with van der Waals surface area (Å²) in [5.74, 6) is 0.606. The fraction of sp³-hybridized carbons (Fsp3) is 0.579. The van der Waals surface area contributed by atoms with Gasteiger partial charge < -0.3 is 4.74 Å². The van der Waals surface area contributed by atoms with Gasteiger partial charge in [-0.1, -0.05) is 12.2 Å². The number of aromatic nitrogens is 4. The van der Waals surface area contributed by atoms with Gasteiger partial charge in [0.15, 0.2) is 11.2 Å². The topological polar surface area (TPSA) is 89.9 Å². The van der Waals surface area contributed by atoms with E-state index in [0.717, 1.165) is 38.6 Å². The largest absolute Gasteiger partial charge is 0.379 e. The Labute approximate surface area is 168 Å². The SMILES string of the molecule is C/C=C/Cn1c(=O)c2c(nc3n2CC(C)=NN3CCN2CCOCC2)n(C)c1=O. The second kappa shape index (κ2) is 7.96. The Bertz CT molecular complexity index is 1090. The molecule has 0 aromatic carbocycles. The zero-order chi connectivity index (χ0) is 20.5. The van der Waals surface area contributed by atoms with Crippen molar-refractivity contribution in [1.29, 1.82) is 0 Å². The summed E-state index contributed by atoms with van der Waals surface area (Å²) in [6, 6.07) is 0. The number of fused-ring (bicyclic) bond motifs is 3. The minimum atomic E-state index is -0.367. The van der Waals surface area contributed by atoms with E-state index in [2.05, 4.69) is 15.0 Å². The molecule has 10 heteroatoms. The number of hydrogen-bond donors (Lipinski definition) is 0. The minimum absolute atomic E-state index is 0.242. The Balaban J connectivity index is 1.75. The third-order valence-electron chi connectivity index (χ3n) is 5.38. The molecule has 10 nitrogen and oxygen atoms in total. The summed E-state index contributed by atoms with van der Waals surface area (Å²) in [6.45, 7) is 9.30. The van der Waals surface area contributed by atoms with E-state index in [9.17, 15) is 9.59 Å². The Morgan fingerprint density at radius 2 is 1.93 bits per heavy atom. The van der Waals surface area contributed by atoms with E-state index in [0.29, 0.717) is 30.2 Å². The lowest BCUT2D eigenvalue weighted by Crippen LogP contribution is -2.42. The molecule has 0 bridgehead atoms. The van der Waals surface area contributed by atoms with E-state index in [4.69, 9.17) is 4.74 Å². The van der Waals surface area contributed by atoms with E-state index in [1.54, 1.807) is 13.1 Å². The van der Waals surface area contributed by atoms with Crippen LogP contribution in [0.1, 0.15) is 13.8 Å². The second-order valence-corrected chi connectivity index (χ2v) is 7.41. The van der Waals surface area contributed by atoms with Crippen LogP contribution in [0.2, 0.25) is 0 Å². The van der Waals surface area contributed by atoms with Crippen LogP contribution in [0.3, 0.4) is 0 Å². The summed E-state index contributed by atoms with van der Waals surface area (Å²) in [6.07, 6.45) is 3.62. The molecule has 0 N–H and O–H groups in total. The molecule has 156 valence electrons. The first-order valence-corrected chi connectivity index (χ1v) is 9.94. The van der Waals surface area contributed by atoms with Gasteiger partial charge in [-0.05, 0) is 13.8 Å². The van der Waals surface area contributed by atoms with E-state index >= 15 is 0 Å². The Morgan fingerprint density at radius 1 is 1.17 bits per heavy atom. The van der Waals surface area contributed by atoms with Crippen molar-refractivity contribution in [1.82, 2.24) is 23.6 Å². The van der Waals surface area contributed by atoms with E-state index in [1.165, 1.54) is 9.13 Å². The standard InChI is InChI=1S/C19H27N7O3/c1-4-5-6-24-17(27)15-16(22(3)19(24)28)20-18-25(15)13-14(2)21-26(18)8-7-23-9-11-29-12-10-23/h4-5H,6-13H2,1-3H3/b5-4+. The summed E-state index contributed by atoms with van der Waals surface area (Å²) >= 11 is 0. The maximum Gasteiger partial charge on any atom is 0.332 e. The molecular weight excluding hydrogens is 374 g/mol. The van der Waals surface area contributed by atoms with Crippen LogP contribution in [0, 0.1) is 0 Å². The smallest absolute Gasteiger partial charge is 0.332 e. The van der Waals surface area contributed by atoms with Crippen LogP contribution in [-0.4, -0.2) is 68.7 Å². The van der Waals surface area contributed by atoms with Gasteiger partial charge in [0.2, 0.25) is 5.95 Å². The third kappa shape index (κ3) is 3.53. The quantitative estimate of drug-likeness (QED) is 0.656.